The summed E-state index contributed by atoms with van der Waals surface area (Å²) in [4.78, 5) is 2.09. The maximum absolute atomic E-state index is 4.20. The fourth-order valence-electron chi connectivity index (χ4n) is 1.60. The van der Waals surface area contributed by atoms with E-state index in [9.17, 15) is 0 Å². The van der Waals surface area contributed by atoms with Crippen LogP contribution in [0, 0.1) is 0 Å². The molecule has 0 atom stereocenters. The van der Waals surface area contributed by atoms with Gasteiger partial charge in [-0.15, -0.1) is 0 Å². The van der Waals surface area contributed by atoms with E-state index in [2.05, 4.69) is 24.5 Å². The molecule has 0 aliphatic heterocycles. The van der Waals surface area contributed by atoms with Crippen LogP contribution in [0.1, 0.15) is 71.1 Å². The zero-order valence-electron chi connectivity index (χ0n) is 10.7. The molecule has 91 valence electrons. The topological polar surface area (TPSA) is 0 Å². The summed E-state index contributed by atoms with van der Waals surface area (Å²) in [5.74, 6) is 1.07. The molecule has 0 aromatic carbocycles. The van der Waals surface area contributed by atoms with E-state index in [0.717, 1.165) is 5.75 Å². The molecule has 0 N–H and O–H groups in total. The van der Waals surface area contributed by atoms with Gasteiger partial charge in [0.2, 0.25) is 0 Å². The van der Waals surface area contributed by atoms with Crippen LogP contribution in [0.25, 0.3) is 0 Å². The van der Waals surface area contributed by atoms with E-state index in [1.165, 1.54) is 64.2 Å². The van der Waals surface area contributed by atoms with Gasteiger partial charge in [0, 0.05) is 0 Å². The predicted octanol–water partition coefficient (Wildman–Crippen LogP) is 5.04. The third kappa shape index (κ3) is 21.1. The number of unbranched alkanes of at least 4 members (excludes halogenated alkanes) is 9. The molecule has 0 nitrogen and oxygen atoms in total. The van der Waals surface area contributed by atoms with Crippen molar-refractivity contribution >= 4 is 35.2 Å². The van der Waals surface area contributed by atoms with Gasteiger partial charge >= 0.3 is 27.5 Å². The van der Waals surface area contributed by atoms with Crippen LogP contribution in [-0.4, -0.2) is 28.3 Å². The number of thiol groups is 1. The molecule has 0 aromatic heterocycles. The quantitative estimate of drug-likeness (QED) is 0.322. The zero-order valence-corrected chi connectivity index (χ0v) is 14.5. The zero-order chi connectivity index (χ0) is 11.8. The van der Waals surface area contributed by atoms with Crippen molar-refractivity contribution in [3.63, 3.8) is 0 Å². The molecule has 0 saturated heterocycles. The molecule has 0 aromatic rings. The molecular weight excluding hydrogens is 307 g/mol. The minimum atomic E-state index is 1.07. The van der Waals surface area contributed by atoms with Crippen molar-refractivity contribution in [2.24, 2.45) is 0 Å². The maximum atomic E-state index is 4.20. The molecule has 0 heterocycles. The van der Waals surface area contributed by atoms with Crippen LogP contribution in [0.15, 0.2) is 0 Å². The Kier molecular flexibility index (Phi) is 25.4. The molecule has 0 spiro atoms. The Balaban J connectivity index is 0. The monoisotopic (exact) mass is 337 g/mol. The SMILES string of the molecule is CCCCCCCCCCCCS.[CH3][Sn]. The van der Waals surface area contributed by atoms with Crippen LogP contribution in [0.4, 0.5) is 0 Å². The van der Waals surface area contributed by atoms with Crippen molar-refractivity contribution < 1.29 is 0 Å². The first-order chi connectivity index (χ1) is 7.41. The molecule has 0 saturated carbocycles. The van der Waals surface area contributed by atoms with E-state index < -0.39 is 0 Å². The molecule has 0 aliphatic rings. The van der Waals surface area contributed by atoms with Crippen LogP contribution >= 0.6 is 12.6 Å². The van der Waals surface area contributed by atoms with Crippen LogP contribution in [0.3, 0.4) is 0 Å². The van der Waals surface area contributed by atoms with Crippen molar-refractivity contribution in [2.45, 2.75) is 76.1 Å². The fraction of sp³-hybridized carbons (Fsp3) is 1.00. The summed E-state index contributed by atoms with van der Waals surface area (Å²) >= 11 is 5.75. The summed E-state index contributed by atoms with van der Waals surface area (Å²) in [6.45, 7) is 2.28. The fourth-order valence-corrected chi connectivity index (χ4v) is 1.82. The summed E-state index contributed by atoms with van der Waals surface area (Å²) in [5, 5.41) is 0. The Morgan fingerprint density at radius 2 is 1.00 bits per heavy atom. The first kappa shape index (κ1) is 18.5. The van der Waals surface area contributed by atoms with Gasteiger partial charge in [-0.1, -0.05) is 64.7 Å². The minimum absolute atomic E-state index is 1.07. The summed E-state index contributed by atoms with van der Waals surface area (Å²) in [6.07, 6.45) is 14.2. The first-order valence-electron chi connectivity index (χ1n) is 6.52. The van der Waals surface area contributed by atoms with Gasteiger partial charge in [0.1, 0.15) is 0 Å². The Bertz CT molecular complexity index is 76.6. The molecule has 15 heavy (non-hydrogen) atoms. The molecular formula is C13H29SSn. The van der Waals surface area contributed by atoms with Crippen LogP contribution in [0.5, 0.6) is 0 Å². The summed E-state index contributed by atoms with van der Waals surface area (Å²) in [6, 6.07) is 0. The average molecular weight is 336 g/mol. The number of rotatable bonds is 10. The predicted molar refractivity (Wildman–Crippen MR) is 77.3 cm³/mol. The summed E-state index contributed by atoms with van der Waals surface area (Å²) in [7, 11) is 0. The molecule has 0 bridgehead atoms. The van der Waals surface area contributed by atoms with Crippen molar-refractivity contribution in [3.8, 4) is 0 Å². The summed E-state index contributed by atoms with van der Waals surface area (Å²) in [5.41, 5.74) is 0. The number of hydrogen-bond donors (Lipinski definition) is 1. The standard InChI is InChI=1S/C12H26S.CH3.Sn/c1-2-3-4-5-6-7-8-9-10-11-12-13;;/h13H,2-12H2,1H3;1H3;. The molecule has 0 fully saturated rings. The van der Waals surface area contributed by atoms with Gasteiger partial charge < -0.3 is 0 Å². The third-order valence-corrected chi connectivity index (χ3v) is 2.83. The molecule has 2 heteroatoms. The van der Waals surface area contributed by atoms with E-state index in [0.29, 0.717) is 0 Å². The van der Waals surface area contributed by atoms with Gasteiger partial charge in [-0.25, -0.2) is 0 Å². The van der Waals surface area contributed by atoms with Gasteiger partial charge in [-0.3, -0.25) is 0 Å². The van der Waals surface area contributed by atoms with Gasteiger partial charge in [0.25, 0.3) is 0 Å². The van der Waals surface area contributed by atoms with Crippen molar-refractivity contribution in [1.82, 2.24) is 0 Å². The number of hydrogen-bond acceptors (Lipinski definition) is 1. The van der Waals surface area contributed by atoms with Crippen LogP contribution in [-0.2, 0) is 0 Å². The van der Waals surface area contributed by atoms with Crippen molar-refractivity contribution in [3.05, 3.63) is 0 Å². The molecule has 0 amide bonds. The second-order valence-corrected chi connectivity index (χ2v) is 4.35. The van der Waals surface area contributed by atoms with Gasteiger partial charge in [0.05, 0.1) is 0 Å². The van der Waals surface area contributed by atoms with E-state index in [1.54, 1.807) is 22.5 Å². The third-order valence-electron chi connectivity index (χ3n) is 2.51. The van der Waals surface area contributed by atoms with Crippen molar-refractivity contribution in [1.29, 1.82) is 0 Å². The van der Waals surface area contributed by atoms with Crippen LogP contribution in [0.2, 0.25) is 4.94 Å². The molecule has 0 unspecified atom stereocenters. The van der Waals surface area contributed by atoms with E-state index in [1.807, 2.05) is 0 Å². The Labute approximate surface area is 116 Å². The molecule has 0 rings (SSSR count). The molecule has 3 radical (unpaired) electrons. The van der Waals surface area contributed by atoms with E-state index in [4.69, 9.17) is 0 Å². The van der Waals surface area contributed by atoms with Gasteiger partial charge in [0.15, 0.2) is 0 Å². The normalized spacial score (nSPS) is 9.60. The van der Waals surface area contributed by atoms with Gasteiger partial charge in [-0.05, 0) is 12.2 Å². The Morgan fingerprint density at radius 3 is 1.33 bits per heavy atom. The summed E-state index contributed by atoms with van der Waals surface area (Å²) < 4.78 is 0. The first-order valence-corrected chi connectivity index (χ1v) is 10.0. The molecule has 0 aliphatic carbocycles. The van der Waals surface area contributed by atoms with Crippen LogP contribution < -0.4 is 0 Å². The van der Waals surface area contributed by atoms with E-state index >= 15 is 0 Å². The average Bonchev–Trinajstić information content (AvgIpc) is 2.30. The van der Waals surface area contributed by atoms with E-state index in [-0.39, 0.29) is 0 Å². The van der Waals surface area contributed by atoms with Gasteiger partial charge in [-0.2, -0.15) is 12.6 Å². The Hall–Kier alpha value is 1.15. The van der Waals surface area contributed by atoms with Crippen molar-refractivity contribution in [2.75, 3.05) is 5.75 Å². The second kappa shape index (κ2) is 20.5. The second-order valence-electron chi connectivity index (χ2n) is 3.91. The Morgan fingerprint density at radius 1 is 0.667 bits per heavy atom.